The van der Waals surface area contributed by atoms with Gasteiger partial charge in [-0.25, -0.2) is 0 Å². The molecule has 1 aliphatic heterocycles. The van der Waals surface area contributed by atoms with Crippen molar-refractivity contribution in [3.05, 3.63) is 42.9 Å². The maximum Gasteiger partial charge on any atom is 0.145 e. The molecule has 2 aliphatic rings. The highest BCUT2D eigenvalue weighted by molar-refractivity contribution is 5.69. The van der Waals surface area contributed by atoms with Gasteiger partial charge in [0.1, 0.15) is 5.75 Å². The maximum atomic E-state index is 5.23. The van der Waals surface area contributed by atoms with Crippen LogP contribution in [0.1, 0.15) is 12.0 Å². The molecule has 0 bridgehead atoms. The van der Waals surface area contributed by atoms with E-state index in [-0.39, 0.29) is 0 Å². The monoisotopic (exact) mass is 214 g/mol. The van der Waals surface area contributed by atoms with Crippen LogP contribution in [0.4, 0.5) is 0 Å². The number of nitrogens with zero attached hydrogens (tertiary/aromatic N) is 1. The van der Waals surface area contributed by atoms with Crippen LogP contribution in [0, 0.1) is 5.92 Å². The molecule has 2 heterocycles. The van der Waals surface area contributed by atoms with Gasteiger partial charge in [0.2, 0.25) is 0 Å². The Bertz CT molecular complexity index is 453. The third-order valence-electron chi connectivity index (χ3n) is 3.29. The topological polar surface area (TPSA) is 34.1 Å². The van der Waals surface area contributed by atoms with Crippen molar-refractivity contribution in [2.24, 2.45) is 5.92 Å². The molecule has 2 atom stereocenters. The lowest BCUT2D eigenvalue weighted by atomic mass is 9.95. The van der Waals surface area contributed by atoms with Gasteiger partial charge in [0.25, 0.3) is 0 Å². The zero-order valence-electron chi connectivity index (χ0n) is 9.02. The number of hydrogen-bond donors (Lipinski definition) is 1. The van der Waals surface area contributed by atoms with Gasteiger partial charge in [0.15, 0.2) is 0 Å². The van der Waals surface area contributed by atoms with E-state index in [1.807, 2.05) is 12.3 Å². The van der Waals surface area contributed by atoms with E-state index in [1.54, 1.807) is 6.20 Å². The molecule has 0 saturated carbocycles. The van der Waals surface area contributed by atoms with E-state index < -0.39 is 0 Å². The summed E-state index contributed by atoms with van der Waals surface area (Å²) in [5.74, 6) is 1.47. The third kappa shape index (κ3) is 1.53. The molecular formula is C13H14N2O. The number of aromatic nitrogens is 1. The fourth-order valence-electron chi connectivity index (χ4n) is 2.35. The molecule has 1 aromatic rings. The predicted octanol–water partition coefficient (Wildman–Crippen LogP) is 1.98. The second-order valence-corrected chi connectivity index (χ2v) is 4.27. The van der Waals surface area contributed by atoms with Crippen LogP contribution in [0.15, 0.2) is 37.4 Å². The highest BCUT2D eigenvalue weighted by Crippen LogP contribution is 2.36. The normalized spacial score (nSPS) is 26.6. The molecule has 0 unspecified atom stereocenters. The second kappa shape index (κ2) is 3.76. The van der Waals surface area contributed by atoms with Crippen molar-refractivity contribution in [1.29, 1.82) is 0 Å². The Balaban J connectivity index is 1.86. The summed E-state index contributed by atoms with van der Waals surface area (Å²) in [5.41, 5.74) is 2.54. The molecule has 1 N–H and O–H groups in total. The summed E-state index contributed by atoms with van der Waals surface area (Å²) in [6.07, 6.45) is 8.48. The summed E-state index contributed by atoms with van der Waals surface area (Å²) in [5, 5.41) is 3.43. The first-order valence-corrected chi connectivity index (χ1v) is 5.54. The van der Waals surface area contributed by atoms with Gasteiger partial charge in [0, 0.05) is 24.7 Å². The summed E-state index contributed by atoms with van der Waals surface area (Å²) in [6, 6.07) is 2.67. The van der Waals surface area contributed by atoms with E-state index in [2.05, 4.69) is 23.0 Å². The first-order valence-electron chi connectivity index (χ1n) is 5.54. The second-order valence-electron chi connectivity index (χ2n) is 4.27. The smallest absolute Gasteiger partial charge is 0.145 e. The molecular weight excluding hydrogens is 200 g/mol. The Morgan fingerprint density at radius 3 is 3.06 bits per heavy atom. The Hall–Kier alpha value is -1.61. The fraction of sp³-hybridized carbons (Fsp3) is 0.308. The summed E-state index contributed by atoms with van der Waals surface area (Å²) < 4.78 is 5.23. The molecule has 1 aromatic heterocycles. The molecule has 0 amide bonds. The van der Waals surface area contributed by atoms with Crippen molar-refractivity contribution >= 4 is 5.57 Å². The van der Waals surface area contributed by atoms with Gasteiger partial charge in [-0.3, -0.25) is 4.98 Å². The van der Waals surface area contributed by atoms with Crippen molar-refractivity contribution in [1.82, 2.24) is 10.3 Å². The van der Waals surface area contributed by atoms with E-state index in [9.17, 15) is 0 Å². The molecule has 0 spiro atoms. The van der Waals surface area contributed by atoms with E-state index >= 15 is 0 Å². The van der Waals surface area contributed by atoms with Gasteiger partial charge in [-0.2, -0.15) is 0 Å². The molecule has 3 nitrogen and oxygen atoms in total. The van der Waals surface area contributed by atoms with Crippen LogP contribution in [-0.2, 0) is 0 Å². The summed E-state index contributed by atoms with van der Waals surface area (Å²) >= 11 is 0. The minimum atomic E-state index is 0.652. The van der Waals surface area contributed by atoms with Crippen LogP contribution in [0.5, 0.6) is 5.75 Å². The molecule has 3 heteroatoms. The van der Waals surface area contributed by atoms with Crippen molar-refractivity contribution < 1.29 is 4.74 Å². The molecule has 1 saturated heterocycles. The first kappa shape index (κ1) is 9.60. The minimum Gasteiger partial charge on any atom is -0.464 e. The number of pyridine rings is 1. The molecule has 0 radical (unpaired) electrons. The van der Waals surface area contributed by atoms with Crippen LogP contribution in [-0.4, -0.2) is 17.6 Å². The molecule has 82 valence electrons. The number of hydrogen-bond acceptors (Lipinski definition) is 3. The molecule has 0 aromatic carbocycles. The molecule has 16 heavy (non-hydrogen) atoms. The van der Waals surface area contributed by atoms with Gasteiger partial charge >= 0.3 is 0 Å². The Kier molecular flexibility index (Phi) is 2.26. The Morgan fingerprint density at radius 2 is 2.44 bits per heavy atom. The van der Waals surface area contributed by atoms with Crippen molar-refractivity contribution in [3.63, 3.8) is 0 Å². The zero-order valence-corrected chi connectivity index (χ0v) is 9.02. The average molecular weight is 214 g/mol. The number of fused-ring (bicyclic) bond motifs is 1. The van der Waals surface area contributed by atoms with Crippen molar-refractivity contribution in [2.45, 2.75) is 12.5 Å². The van der Waals surface area contributed by atoms with Crippen LogP contribution < -0.4 is 10.1 Å². The number of rotatable bonds is 3. The Labute approximate surface area is 94.8 Å². The Morgan fingerprint density at radius 1 is 1.50 bits per heavy atom. The van der Waals surface area contributed by atoms with Gasteiger partial charge < -0.3 is 10.1 Å². The lowest BCUT2D eigenvalue weighted by molar-refractivity contribution is 0.306. The fourth-order valence-corrected chi connectivity index (χ4v) is 2.35. The number of nitrogens with one attached hydrogen (secondary N) is 1. The van der Waals surface area contributed by atoms with Crippen molar-refractivity contribution in [2.75, 3.05) is 6.54 Å². The lowest BCUT2D eigenvalue weighted by Gasteiger charge is -2.31. The summed E-state index contributed by atoms with van der Waals surface area (Å²) in [7, 11) is 0. The minimum absolute atomic E-state index is 0.652. The first-order chi connectivity index (χ1) is 7.86. The highest BCUT2D eigenvalue weighted by atomic mass is 16.5. The summed E-state index contributed by atoms with van der Waals surface area (Å²) in [4.78, 5) is 4.18. The van der Waals surface area contributed by atoms with Gasteiger partial charge in [-0.05, 0) is 23.6 Å². The third-order valence-corrected chi connectivity index (χ3v) is 3.29. The molecule has 1 fully saturated rings. The van der Waals surface area contributed by atoms with Crippen LogP contribution >= 0.6 is 0 Å². The number of ether oxygens (including phenoxy) is 1. The van der Waals surface area contributed by atoms with E-state index in [0.29, 0.717) is 6.04 Å². The van der Waals surface area contributed by atoms with Crippen LogP contribution in [0.3, 0.4) is 0 Å². The van der Waals surface area contributed by atoms with E-state index in [4.69, 9.17) is 4.74 Å². The van der Waals surface area contributed by atoms with Gasteiger partial charge in [-0.1, -0.05) is 12.7 Å². The van der Waals surface area contributed by atoms with Gasteiger partial charge in [0.05, 0.1) is 12.5 Å². The average Bonchev–Trinajstić information content (AvgIpc) is 2.56. The molecule has 1 aliphatic carbocycles. The summed E-state index contributed by atoms with van der Waals surface area (Å²) in [6.45, 7) is 4.66. The predicted molar refractivity (Wildman–Crippen MR) is 62.9 cm³/mol. The van der Waals surface area contributed by atoms with E-state index in [1.165, 1.54) is 11.8 Å². The maximum absolute atomic E-state index is 5.23. The standard InChI is InChI=1S/C13H14N2O/c1-2-16-12-4-10(6-14-8-12)9-3-11-7-15-13(11)5-9/h2-4,6,8,11,13,15H,1,5,7H2/t11-,13-/m1/s1. The SMILES string of the molecule is C=COc1cncc(C2=C[C@@H]3CN[C@@H]3C2)c1. The quantitative estimate of drug-likeness (QED) is 0.781. The van der Waals surface area contributed by atoms with Crippen LogP contribution in [0.2, 0.25) is 0 Å². The largest absolute Gasteiger partial charge is 0.464 e. The zero-order chi connectivity index (χ0) is 11.0. The lowest BCUT2D eigenvalue weighted by Crippen LogP contribution is -2.49. The van der Waals surface area contributed by atoms with Crippen LogP contribution in [0.25, 0.3) is 5.57 Å². The molecule has 3 rings (SSSR count). The van der Waals surface area contributed by atoms with E-state index in [0.717, 1.165) is 30.2 Å². The highest BCUT2D eigenvalue weighted by Gasteiger charge is 2.34. The van der Waals surface area contributed by atoms with Crippen molar-refractivity contribution in [3.8, 4) is 5.75 Å². The van der Waals surface area contributed by atoms with Gasteiger partial charge in [-0.15, -0.1) is 0 Å².